The van der Waals surface area contributed by atoms with Gasteiger partial charge >= 0.3 is 0 Å². The molecule has 6 nitrogen and oxygen atoms in total. The molecule has 1 aromatic carbocycles. The van der Waals surface area contributed by atoms with Crippen molar-refractivity contribution >= 4 is 17.5 Å². The van der Waals surface area contributed by atoms with E-state index in [-0.39, 0.29) is 35.0 Å². The van der Waals surface area contributed by atoms with Crippen LogP contribution < -0.4 is 11.1 Å². The summed E-state index contributed by atoms with van der Waals surface area (Å²) in [6, 6.07) is 6.49. The van der Waals surface area contributed by atoms with Crippen LogP contribution in [0.1, 0.15) is 40.0 Å². The minimum Gasteiger partial charge on any atom is -0.394 e. The van der Waals surface area contributed by atoms with Gasteiger partial charge in [-0.25, -0.2) is 0 Å². The fourth-order valence-corrected chi connectivity index (χ4v) is 3.02. The molecule has 23 heavy (non-hydrogen) atoms. The zero-order chi connectivity index (χ0) is 16.4. The molecule has 2 aliphatic rings. The van der Waals surface area contributed by atoms with Crippen LogP contribution in [0, 0.1) is 0 Å². The minimum absolute atomic E-state index is 0.101. The third-order valence-corrected chi connectivity index (χ3v) is 4.24. The molecule has 0 aromatic heterocycles. The van der Waals surface area contributed by atoms with Crippen LogP contribution in [-0.4, -0.2) is 42.0 Å². The summed E-state index contributed by atoms with van der Waals surface area (Å²) in [6.45, 7) is 1.95. The van der Waals surface area contributed by atoms with Gasteiger partial charge in [-0.05, 0) is 25.9 Å². The standard InChI is InChI=1S/C17H19N3O3/c18-14-15(19-13(21)10-20-8-4-1-5-9-20)17(23)12-7-3-2-6-11(12)16(14)22/h2-3,6-7H,1,4-5,8-10,18H2,(H,19,21). The number of carbonyl (C=O) groups excluding carboxylic acids is 3. The second kappa shape index (κ2) is 6.34. The average molecular weight is 313 g/mol. The Balaban J connectivity index is 1.76. The number of fused-ring (bicyclic) bond motifs is 1. The van der Waals surface area contributed by atoms with Gasteiger partial charge in [-0.1, -0.05) is 30.7 Å². The number of allylic oxidation sites excluding steroid dienone is 2. The Morgan fingerprint density at radius 2 is 1.65 bits per heavy atom. The van der Waals surface area contributed by atoms with Crippen LogP contribution in [0.2, 0.25) is 0 Å². The van der Waals surface area contributed by atoms with E-state index in [1.807, 2.05) is 4.90 Å². The highest BCUT2D eigenvalue weighted by Crippen LogP contribution is 2.22. The normalized spacial score (nSPS) is 18.8. The first kappa shape index (κ1) is 15.4. The first-order chi connectivity index (χ1) is 11.1. The number of Topliss-reactive ketones (excluding diaryl/α,β-unsaturated/α-hetero) is 2. The van der Waals surface area contributed by atoms with E-state index in [1.165, 1.54) is 6.42 Å². The lowest BCUT2D eigenvalue weighted by molar-refractivity contribution is -0.121. The molecule has 1 aromatic rings. The molecule has 1 saturated heterocycles. The topological polar surface area (TPSA) is 92.5 Å². The summed E-state index contributed by atoms with van der Waals surface area (Å²) >= 11 is 0. The second-order valence-electron chi connectivity index (χ2n) is 5.88. The van der Waals surface area contributed by atoms with Crippen LogP contribution in [0.5, 0.6) is 0 Å². The number of hydrogen-bond donors (Lipinski definition) is 2. The maximum atomic E-state index is 12.5. The molecule has 3 rings (SSSR count). The number of benzene rings is 1. The number of amides is 1. The highest BCUT2D eigenvalue weighted by molar-refractivity contribution is 6.27. The Morgan fingerprint density at radius 3 is 2.30 bits per heavy atom. The lowest BCUT2D eigenvalue weighted by atomic mass is 9.90. The SMILES string of the molecule is NC1=C(NC(=O)CN2CCCCC2)C(=O)c2ccccc2C1=O. The van der Waals surface area contributed by atoms with Crippen molar-refractivity contribution in [1.82, 2.24) is 10.2 Å². The van der Waals surface area contributed by atoms with Crippen molar-refractivity contribution in [2.24, 2.45) is 5.73 Å². The maximum Gasteiger partial charge on any atom is 0.238 e. The molecule has 0 radical (unpaired) electrons. The lowest BCUT2D eigenvalue weighted by Gasteiger charge is -2.26. The van der Waals surface area contributed by atoms with Crippen LogP contribution in [0.15, 0.2) is 35.7 Å². The molecule has 0 saturated carbocycles. The summed E-state index contributed by atoms with van der Waals surface area (Å²) in [7, 11) is 0. The van der Waals surface area contributed by atoms with E-state index >= 15 is 0 Å². The molecule has 3 N–H and O–H groups in total. The third-order valence-electron chi connectivity index (χ3n) is 4.24. The number of nitrogens with two attached hydrogens (primary N) is 1. The number of ketones is 2. The van der Waals surface area contributed by atoms with Crippen LogP contribution in [-0.2, 0) is 4.79 Å². The molecule has 0 bridgehead atoms. The maximum absolute atomic E-state index is 12.5. The van der Waals surface area contributed by atoms with Crippen molar-refractivity contribution in [2.45, 2.75) is 19.3 Å². The summed E-state index contributed by atoms with van der Waals surface area (Å²) in [6.07, 6.45) is 3.33. The van der Waals surface area contributed by atoms with Gasteiger partial charge < -0.3 is 11.1 Å². The highest BCUT2D eigenvalue weighted by Gasteiger charge is 2.31. The zero-order valence-electron chi connectivity index (χ0n) is 12.8. The highest BCUT2D eigenvalue weighted by atomic mass is 16.2. The van der Waals surface area contributed by atoms with Crippen molar-refractivity contribution in [3.63, 3.8) is 0 Å². The van der Waals surface area contributed by atoms with Crippen molar-refractivity contribution in [1.29, 1.82) is 0 Å². The number of nitrogens with zero attached hydrogens (tertiary/aromatic N) is 1. The van der Waals surface area contributed by atoms with E-state index in [0.29, 0.717) is 0 Å². The van der Waals surface area contributed by atoms with E-state index in [2.05, 4.69) is 5.32 Å². The van der Waals surface area contributed by atoms with Crippen molar-refractivity contribution < 1.29 is 14.4 Å². The Labute approximate surface area is 134 Å². The summed E-state index contributed by atoms with van der Waals surface area (Å²) in [4.78, 5) is 39.0. The number of piperidine rings is 1. The first-order valence-electron chi connectivity index (χ1n) is 7.78. The van der Waals surface area contributed by atoms with Crippen molar-refractivity contribution in [2.75, 3.05) is 19.6 Å². The van der Waals surface area contributed by atoms with E-state index < -0.39 is 11.6 Å². The quantitative estimate of drug-likeness (QED) is 0.862. The smallest absolute Gasteiger partial charge is 0.238 e. The summed E-state index contributed by atoms with van der Waals surface area (Å²) in [5, 5.41) is 2.54. The van der Waals surface area contributed by atoms with E-state index in [0.717, 1.165) is 25.9 Å². The molecule has 1 heterocycles. The lowest BCUT2D eigenvalue weighted by Crippen LogP contribution is -2.43. The van der Waals surface area contributed by atoms with Gasteiger partial charge in [0.05, 0.1) is 6.54 Å². The van der Waals surface area contributed by atoms with Gasteiger partial charge in [-0.3, -0.25) is 19.3 Å². The predicted molar refractivity (Wildman–Crippen MR) is 84.8 cm³/mol. The van der Waals surface area contributed by atoms with Gasteiger partial charge in [-0.2, -0.15) is 0 Å². The monoisotopic (exact) mass is 313 g/mol. The average Bonchev–Trinajstić information content (AvgIpc) is 2.57. The third kappa shape index (κ3) is 3.03. The summed E-state index contributed by atoms with van der Waals surface area (Å²) in [5.74, 6) is -1.15. The minimum atomic E-state index is -0.423. The van der Waals surface area contributed by atoms with E-state index in [1.54, 1.807) is 24.3 Å². The fraction of sp³-hybridized carbons (Fsp3) is 0.353. The number of hydrogen-bond acceptors (Lipinski definition) is 5. The number of carbonyl (C=O) groups is 3. The predicted octanol–water partition coefficient (Wildman–Crippen LogP) is 0.838. The van der Waals surface area contributed by atoms with Crippen LogP contribution in [0.25, 0.3) is 0 Å². The molecule has 6 heteroatoms. The fourth-order valence-electron chi connectivity index (χ4n) is 3.02. The van der Waals surface area contributed by atoms with Crippen LogP contribution >= 0.6 is 0 Å². The Bertz CT molecular complexity index is 703. The molecule has 1 aliphatic heterocycles. The van der Waals surface area contributed by atoms with Gasteiger partial charge in [0.2, 0.25) is 17.5 Å². The summed E-state index contributed by atoms with van der Waals surface area (Å²) in [5.41, 5.74) is 6.05. The molecule has 1 aliphatic carbocycles. The molecular weight excluding hydrogens is 294 g/mol. The number of likely N-dealkylation sites (tertiary alicyclic amines) is 1. The molecule has 120 valence electrons. The molecule has 1 fully saturated rings. The molecule has 0 unspecified atom stereocenters. The summed E-state index contributed by atoms with van der Waals surface area (Å²) < 4.78 is 0. The van der Waals surface area contributed by atoms with Gasteiger partial charge in [-0.15, -0.1) is 0 Å². The van der Waals surface area contributed by atoms with Gasteiger partial charge in [0.15, 0.2) is 0 Å². The Morgan fingerprint density at radius 1 is 1.04 bits per heavy atom. The van der Waals surface area contributed by atoms with Crippen molar-refractivity contribution in [3.8, 4) is 0 Å². The van der Waals surface area contributed by atoms with Crippen LogP contribution in [0.3, 0.4) is 0 Å². The van der Waals surface area contributed by atoms with E-state index in [9.17, 15) is 14.4 Å². The largest absolute Gasteiger partial charge is 0.394 e. The number of nitrogens with one attached hydrogen (secondary N) is 1. The first-order valence-corrected chi connectivity index (χ1v) is 7.78. The Kier molecular flexibility index (Phi) is 4.25. The van der Waals surface area contributed by atoms with E-state index in [4.69, 9.17) is 5.73 Å². The molecular formula is C17H19N3O3. The molecule has 0 atom stereocenters. The van der Waals surface area contributed by atoms with Gasteiger partial charge in [0.1, 0.15) is 11.4 Å². The Hall–Kier alpha value is -2.47. The zero-order valence-corrected chi connectivity index (χ0v) is 12.8. The van der Waals surface area contributed by atoms with Gasteiger partial charge in [0.25, 0.3) is 0 Å². The molecule has 0 spiro atoms. The molecule has 1 amide bonds. The second-order valence-corrected chi connectivity index (χ2v) is 5.88. The van der Waals surface area contributed by atoms with Crippen molar-refractivity contribution in [3.05, 3.63) is 46.8 Å². The van der Waals surface area contributed by atoms with Gasteiger partial charge in [0, 0.05) is 11.1 Å². The number of rotatable bonds is 3. The van der Waals surface area contributed by atoms with Crippen LogP contribution in [0.4, 0.5) is 0 Å².